The summed E-state index contributed by atoms with van der Waals surface area (Å²) in [5, 5.41) is 9.00. The van der Waals surface area contributed by atoms with Gasteiger partial charge in [-0.3, -0.25) is 4.79 Å². The van der Waals surface area contributed by atoms with Crippen molar-refractivity contribution >= 4 is 5.97 Å². The highest BCUT2D eigenvalue weighted by molar-refractivity contribution is 5.75. The monoisotopic (exact) mass is 246 g/mol. The number of hydrogen-bond acceptors (Lipinski definition) is 1. The Kier molecular flexibility index (Phi) is 4.05. The molecule has 3 atom stereocenters. The standard InChI is InChI=1S/C16H22O2/c1-11-5-3-4-6-15(11)14-9-7-13(8-10-14)12(2)16(17)18/h7-12,15H,3-6H2,1-2H3,(H,17,18)/t11-,12?,15-/m0/s1. The Morgan fingerprint density at radius 3 is 2.39 bits per heavy atom. The summed E-state index contributed by atoms with van der Waals surface area (Å²) in [6, 6.07) is 8.22. The molecule has 1 aliphatic carbocycles. The van der Waals surface area contributed by atoms with E-state index in [1.807, 2.05) is 12.1 Å². The van der Waals surface area contributed by atoms with E-state index in [1.165, 1.54) is 31.2 Å². The minimum absolute atomic E-state index is 0.414. The summed E-state index contributed by atoms with van der Waals surface area (Å²) in [5.74, 6) is 0.242. The van der Waals surface area contributed by atoms with Crippen molar-refractivity contribution in [2.75, 3.05) is 0 Å². The predicted octanol–water partition coefficient (Wildman–Crippen LogP) is 4.17. The van der Waals surface area contributed by atoms with E-state index in [4.69, 9.17) is 5.11 Å². The van der Waals surface area contributed by atoms with Crippen LogP contribution in [0.1, 0.15) is 62.5 Å². The molecule has 2 heteroatoms. The molecule has 2 nitrogen and oxygen atoms in total. The van der Waals surface area contributed by atoms with Crippen LogP contribution in [0.5, 0.6) is 0 Å². The summed E-state index contributed by atoms with van der Waals surface area (Å²) in [5.41, 5.74) is 2.28. The van der Waals surface area contributed by atoms with E-state index in [-0.39, 0.29) is 0 Å². The van der Waals surface area contributed by atoms with Gasteiger partial charge in [-0.15, -0.1) is 0 Å². The molecule has 0 spiro atoms. The lowest BCUT2D eigenvalue weighted by Gasteiger charge is -2.29. The van der Waals surface area contributed by atoms with Gasteiger partial charge in [-0.2, -0.15) is 0 Å². The van der Waals surface area contributed by atoms with Crippen LogP contribution in [-0.4, -0.2) is 11.1 Å². The Balaban J connectivity index is 2.14. The van der Waals surface area contributed by atoms with Gasteiger partial charge in [0.1, 0.15) is 0 Å². The fourth-order valence-corrected chi connectivity index (χ4v) is 2.99. The van der Waals surface area contributed by atoms with Crippen LogP contribution in [0.4, 0.5) is 0 Å². The molecule has 0 heterocycles. The van der Waals surface area contributed by atoms with Crippen molar-refractivity contribution in [2.24, 2.45) is 5.92 Å². The smallest absolute Gasteiger partial charge is 0.310 e. The zero-order valence-corrected chi connectivity index (χ0v) is 11.2. The second kappa shape index (κ2) is 5.55. The van der Waals surface area contributed by atoms with Gasteiger partial charge in [-0.05, 0) is 36.3 Å². The van der Waals surface area contributed by atoms with Crippen LogP contribution in [-0.2, 0) is 4.79 Å². The first-order chi connectivity index (χ1) is 8.59. The van der Waals surface area contributed by atoms with E-state index >= 15 is 0 Å². The van der Waals surface area contributed by atoms with Gasteiger partial charge in [-0.25, -0.2) is 0 Å². The molecule has 1 unspecified atom stereocenters. The number of benzene rings is 1. The molecule has 2 rings (SSSR count). The Bertz CT molecular complexity index is 408. The number of carboxylic acid groups (broad SMARTS) is 1. The van der Waals surface area contributed by atoms with Crippen LogP contribution in [0.15, 0.2) is 24.3 Å². The van der Waals surface area contributed by atoms with Crippen molar-refractivity contribution < 1.29 is 9.90 Å². The van der Waals surface area contributed by atoms with Gasteiger partial charge in [-0.1, -0.05) is 50.5 Å². The summed E-state index contributed by atoms with van der Waals surface area (Å²) in [6.45, 7) is 4.07. The average molecular weight is 246 g/mol. The predicted molar refractivity (Wildman–Crippen MR) is 72.9 cm³/mol. The zero-order valence-electron chi connectivity index (χ0n) is 11.2. The van der Waals surface area contributed by atoms with Crippen LogP contribution in [0.3, 0.4) is 0 Å². The molecule has 1 aromatic carbocycles. The topological polar surface area (TPSA) is 37.3 Å². The minimum Gasteiger partial charge on any atom is -0.481 e. The highest BCUT2D eigenvalue weighted by Gasteiger charge is 2.23. The number of rotatable bonds is 3. The Hall–Kier alpha value is -1.31. The van der Waals surface area contributed by atoms with Gasteiger partial charge in [0.05, 0.1) is 5.92 Å². The molecule has 0 aromatic heterocycles. The van der Waals surface area contributed by atoms with Crippen molar-refractivity contribution in [3.63, 3.8) is 0 Å². The lowest BCUT2D eigenvalue weighted by molar-refractivity contribution is -0.138. The maximum Gasteiger partial charge on any atom is 0.310 e. The van der Waals surface area contributed by atoms with Crippen LogP contribution >= 0.6 is 0 Å². The normalized spacial score (nSPS) is 25.7. The Labute approximate surface area is 109 Å². The lowest BCUT2D eigenvalue weighted by Crippen LogP contribution is -2.15. The zero-order chi connectivity index (χ0) is 13.1. The quantitative estimate of drug-likeness (QED) is 0.869. The van der Waals surface area contributed by atoms with Crippen molar-refractivity contribution in [3.05, 3.63) is 35.4 Å². The van der Waals surface area contributed by atoms with Gasteiger partial charge >= 0.3 is 5.97 Å². The highest BCUT2D eigenvalue weighted by Crippen LogP contribution is 2.37. The van der Waals surface area contributed by atoms with Crippen LogP contribution < -0.4 is 0 Å². The molecule has 0 bridgehead atoms. The molecule has 0 aliphatic heterocycles. The molecule has 1 saturated carbocycles. The number of hydrogen-bond donors (Lipinski definition) is 1. The van der Waals surface area contributed by atoms with E-state index in [0.29, 0.717) is 5.92 Å². The van der Waals surface area contributed by atoms with Crippen LogP contribution in [0.25, 0.3) is 0 Å². The number of aliphatic carboxylic acids is 1. The average Bonchev–Trinajstić information content (AvgIpc) is 2.38. The largest absolute Gasteiger partial charge is 0.481 e. The third-order valence-corrected chi connectivity index (χ3v) is 4.35. The second-order valence-electron chi connectivity index (χ2n) is 5.59. The SMILES string of the molecule is CC(C(=O)O)c1ccc([C@H]2CCCC[C@@H]2C)cc1. The fourth-order valence-electron chi connectivity index (χ4n) is 2.99. The van der Waals surface area contributed by atoms with Crippen LogP contribution in [0.2, 0.25) is 0 Å². The Morgan fingerprint density at radius 1 is 1.22 bits per heavy atom. The third kappa shape index (κ3) is 2.74. The van der Waals surface area contributed by atoms with E-state index in [1.54, 1.807) is 6.92 Å². The van der Waals surface area contributed by atoms with Crippen molar-refractivity contribution in [1.29, 1.82) is 0 Å². The van der Waals surface area contributed by atoms with Gasteiger partial charge in [0.25, 0.3) is 0 Å². The van der Waals surface area contributed by atoms with Crippen molar-refractivity contribution in [1.82, 2.24) is 0 Å². The molecule has 1 aliphatic rings. The molecule has 0 amide bonds. The van der Waals surface area contributed by atoms with Gasteiger partial charge in [0, 0.05) is 0 Å². The van der Waals surface area contributed by atoms with Crippen LogP contribution in [0, 0.1) is 5.92 Å². The maximum absolute atomic E-state index is 10.9. The highest BCUT2D eigenvalue weighted by atomic mass is 16.4. The van der Waals surface area contributed by atoms with E-state index in [0.717, 1.165) is 11.5 Å². The maximum atomic E-state index is 10.9. The first-order valence-electron chi connectivity index (χ1n) is 6.92. The fraction of sp³-hybridized carbons (Fsp3) is 0.562. The van der Waals surface area contributed by atoms with Gasteiger partial charge in [0.2, 0.25) is 0 Å². The summed E-state index contributed by atoms with van der Waals surface area (Å²) in [7, 11) is 0. The van der Waals surface area contributed by atoms with E-state index in [9.17, 15) is 4.79 Å². The molecule has 18 heavy (non-hydrogen) atoms. The van der Waals surface area contributed by atoms with Gasteiger partial charge in [0.15, 0.2) is 0 Å². The molecule has 0 saturated heterocycles. The summed E-state index contributed by atoms with van der Waals surface area (Å²) >= 11 is 0. The summed E-state index contributed by atoms with van der Waals surface area (Å²) in [6.07, 6.45) is 5.26. The molecule has 1 aromatic rings. The first-order valence-corrected chi connectivity index (χ1v) is 6.92. The second-order valence-corrected chi connectivity index (χ2v) is 5.59. The van der Waals surface area contributed by atoms with Gasteiger partial charge < -0.3 is 5.11 Å². The van der Waals surface area contributed by atoms with Crippen molar-refractivity contribution in [3.8, 4) is 0 Å². The molecular formula is C16H22O2. The summed E-state index contributed by atoms with van der Waals surface area (Å²) < 4.78 is 0. The molecular weight excluding hydrogens is 224 g/mol. The van der Waals surface area contributed by atoms with Crippen molar-refractivity contribution in [2.45, 2.75) is 51.4 Å². The minimum atomic E-state index is -0.756. The molecule has 1 N–H and O–H groups in total. The Morgan fingerprint density at radius 2 is 1.83 bits per heavy atom. The molecule has 98 valence electrons. The first kappa shape index (κ1) is 13.1. The van der Waals surface area contributed by atoms with E-state index < -0.39 is 11.9 Å². The molecule has 1 fully saturated rings. The summed E-state index contributed by atoms with van der Waals surface area (Å²) in [4.78, 5) is 10.9. The third-order valence-electron chi connectivity index (χ3n) is 4.35. The molecule has 0 radical (unpaired) electrons. The number of carboxylic acids is 1. The number of carbonyl (C=O) groups is 1. The lowest BCUT2D eigenvalue weighted by atomic mass is 9.76. The van der Waals surface area contributed by atoms with E-state index in [2.05, 4.69) is 19.1 Å².